The summed E-state index contributed by atoms with van der Waals surface area (Å²) in [5.41, 5.74) is 2.33. The smallest absolute Gasteiger partial charge is 0.225 e. The number of β-amino-alcohol motifs (C(OH)–C–C–N with tert-alkyl or cyclic N) is 1. The van der Waals surface area contributed by atoms with E-state index in [2.05, 4.69) is 15.9 Å². The Balaban J connectivity index is 1.38. The summed E-state index contributed by atoms with van der Waals surface area (Å²) in [5, 5.41) is 10.3. The lowest BCUT2D eigenvalue weighted by Crippen LogP contribution is -2.46. The van der Waals surface area contributed by atoms with Crippen LogP contribution in [-0.4, -0.2) is 66.2 Å². The third-order valence-electron chi connectivity index (χ3n) is 5.71. The molecule has 1 aromatic rings. The number of carbonyl (C=O) groups is 1. The van der Waals surface area contributed by atoms with Gasteiger partial charge in [0.25, 0.3) is 0 Å². The Bertz CT molecular complexity index is 600. The second kappa shape index (κ2) is 9.56. The summed E-state index contributed by atoms with van der Waals surface area (Å²) in [5.74, 6) is 1.34. The van der Waals surface area contributed by atoms with Gasteiger partial charge in [-0.3, -0.25) is 4.79 Å². The highest BCUT2D eigenvalue weighted by molar-refractivity contribution is 5.79. The van der Waals surface area contributed by atoms with Gasteiger partial charge in [0.15, 0.2) is 0 Å². The minimum Gasteiger partial charge on any atom is -0.491 e. The summed E-state index contributed by atoms with van der Waals surface area (Å²) in [6.45, 7) is 8.64. The van der Waals surface area contributed by atoms with E-state index in [4.69, 9.17) is 4.74 Å². The van der Waals surface area contributed by atoms with Crippen LogP contribution in [0.3, 0.4) is 0 Å². The zero-order valence-corrected chi connectivity index (χ0v) is 16.8. The van der Waals surface area contributed by atoms with Crippen LogP contribution in [0.15, 0.2) is 18.2 Å². The number of piperidine rings is 2. The van der Waals surface area contributed by atoms with Gasteiger partial charge >= 0.3 is 0 Å². The Morgan fingerprint density at radius 1 is 1.07 bits per heavy atom. The van der Waals surface area contributed by atoms with Crippen molar-refractivity contribution in [3.63, 3.8) is 0 Å². The highest BCUT2D eigenvalue weighted by Crippen LogP contribution is 2.22. The predicted octanol–water partition coefficient (Wildman–Crippen LogP) is 2.77. The highest BCUT2D eigenvalue weighted by Gasteiger charge is 2.29. The molecule has 0 aliphatic carbocycles. The molecule has 5 heteroatoms. The van der Waals surface area contributed by atoms with E-state index in [-0.39, 0.29) is 5.92 Å². The van der Waals surface area contributed by atoms with Crippen molar-refractivity contribution in [2.24, 2.45) is 5.92 Å². The van der Waals surface area contributed by atoms with Crippen molar-refractivity contribution in [1.82, 2.24) is 9.80 Å². The summed E-state index contributed by atoms with van der Waals surface area (Å²) < 4.78 is 5.77. The van der Waals surface area contributed by atoms with Gasteiger partial charge < -0.3 is 19.6 Å². The minimum absolute atomic E-state index is 0.169. The molecule has 5 nitrogen and oxygen atoms in total. The molecule has 1 amide bonds. The summed E-state index contributed by atoms with van der Waals surface area (Å²) in [7, 11) is 0. The van der Waals surface area contributed by atoms with E-state index in [0.717, 1.165) is 57.6 Å². The second-order valence-electron chi connectivity index (χ2n) is 8.25. The van der Waals surface area contributed by atoms with E-state index in [1.54, 1.807) is 0 Å². The number of benzene rings is 1. The van der Waals surface area contributed by atoms with Crippen molar-refractivity contribution in [3.05, 3.63) is 29.3 Å². The molecule has 3 rings (SSSR count). The first-order valence-corrected chi connectivity index (χ1v) is 10.4. The lowest BCUT2D eigenvalue weighted by molar-refractivity contribution is -0.138. The van der Waals surface area contributed by atoms with Crippen molar-refractivity contribution in [2.45, 2.75) is 52.1 Å². The number of carbonyl (C=O) groups excluding carboxylic acids is 1. The first-order valence-electron chi connectivity index (χ1n) is 10.4. The van der Waals surface area contributed by atoms with Crippen molar-refractivity contribution >= 4 is 5.91 Å². The largest absolute Gasteiger partial charge is 0.491 e. The molecule has 2 aliphatic rings. The van der Waals surface area contributed by atoms with E-state index in [1.807, 2.05) is 26.0 Å². The van der Waals surface area contributed by atoms with E-state index in [9.17, 15) is 9.90 Å². The standard InChI is InChI=1S/C22H34N2O3/c1-17-12-18(2)14-21(13-17)27-16-20(25)15-23-10-6-19(7-11-23)22(26)24-8-4-3-5-9-24/h12-14,19-20,25H,3-11,15-16H2,1-2H3. The van der Waals surface area contributed by atoms with E-state index < -0.39 is 6.10 Å². The molecule has 1 unspecified atom stereocenters. The van der Waals surface area contributed by atoms with Gasteiger partial charge in [0.05, 0.1) is 0 Å². The average Bonchev–Trinajstić information content (AvgIpc) is 2.66. The first kappa shape index (κ1) is 20.2. The number of aliphatic hydroxyl groups excluding tert-OH is 1. The number of nitrogens with zero attached hydrogens (tertiary/aromatic N) is 2. The third kappa shape index (κ3) is 5.94. The maximum Gasteiger partial charge on any atom is 0.225 e. The van der Waals surface area contributed by atoms with Gasteiger partial charge in [0.1, 0.15) is 18.5 Å². The average molecular weight is 375 g/mol. The van der Waals surface area contributed by atoms with Crippen LogP contribution in [0.2, 0.25) is 0 Å². The van der Waals surface area contributed by atoms with Crippen molar-refractivity contribution < 1.29 is 14.6 Å². The molecule has 2 aliphatic heterocycles. The van der Waals surface area contributed by atoms with Crippen molar-refractivity contribution in [2.75, 3.05) is 39.3 Å². The minimum atomic E-state index is -0.514. The first-order chi connectivity index (χ1) is 13.0. The molecule has 0 saturated carbocycles. The molecular weight excluding hydrogens is 340 g/mol. The monoisotopic (exact) mass is 374 g/mol. The van der Waals surface area contributed by atoms with Gasteiger partial charge in [0, 0.05) is 25.6 Å². The fraction of sp³-hybridized carbons (Fsp3) is 0.682. The Morgan fingerprint density at radius 2 is 1.70 bits per heavy atom. The van der Waals surface area contributed by atoms with E-state index in [1.165, 1.54) is 17.5 Å². The van der Waals surface area contributed by atoms with E-state index in [0.29, 0.717) is 19.1 Å². The van der Waals surface area contributed by atoms with Crippen molar-refractivity contribution in [3.8, 4) is 5.75 Å². The van der Waals surface area contributed by atoms with Crippen LogP contribution in [0.4, 0.5) is 0 Å². The van der Waals surface area contributed by atoms with Crippen LogP contribution in [0.25, 0.3) is 0 Å². The van der Waals surface area contributed by atoms with Crippen LogP contribution < -0.4 is 4.74 Å². The molecule has 0 aromatic heterocycles. The summed E-state index contributed by atoms with van der Waals surface area (Å²) in [4.78, 5) is 17.0. The SMILES string of the molecule is Cc1cc(C)cc(OCC(O)CN2CCC(C(=O)N3CCCCC3)CC2)c1. The van der Waals surface area contributed by atoms with Gasteiger partial charge in [-0.15, -0.1) is 0 Å². The fourth-order valence-corrected chi connectivity index (χ4v) is 4.29. The molecule has 1 atom stereocenters. The normalized spacial score (nSPS) is 20.5. The lowest BCUT2D eigenvalue weighted by Gasteiger charge is -2.36. The molecule has 2 heterocycles. The fourth-order valence-electron chi connectivity index (χ4n) is 4.29. The topological polar surface area (TPSA) is 53.0 Å². The van der Waals surface area contributed by atoms with Gasteiger partial charge in [-0.2, -0.15) is 0 Å². The number of hydrogen-bond donors (Lipinski definition) is 1. The molecular formula is C22H34N2O3. The maximum absolute atomic E-state index is 12.6. The zero-order valence-electron chi connectivity index (χ0n) is 16.8. The van der Waals surface area contributed by atoms with Crippen LogP contribution >= 0.6 is 0 Å². The quantitative estimate of drug-likeness (QED) is 0.832. The number of amides is 1. The number of ether oxygens (including phenoxy) is 1. The van der Waals surface area contributed by atoms with Crippen LogP contribution in [0.1, 0.15) is 43.2 Å². The Hall–Kier alpha value is -1.59. The number of aryl methyl sites for hydroxylation is 2. The molecule has 150 valence electrons. The Kier molecular flexibility index (Phi) is 7.13. The van der Waals surface area contributed by atoms with Gasteiger partial charge in [-0.1, -0.05) is 6.07 Å². The van der Waals surface area contributed by atoms with Gasteiger partial charge in [-0.25, -0.2) is 0 Å². The highest BCUT2D eigenvalue weighted by atomic mass is 16.5. The van der Waals surface area contributed by atoms with Gasteiger partial charge in [-0.05, 0) is 82.3 Å². The van der Waals surface area contributed by atoms with Crippen LogP contribution in [-0.2, 0) is 4.79 Å². The Morgan fingerprint density at radius 3 is 2.33 bits per heavy atom. The molecule has 0 spiro atoms. The molecule has 0 radical (unpaired) electrons. The number of aliphatic hydroxyl groups is 1. The summed E-state index contributed by atoms with van der Waals surface area (Å²) in [6, 6.07) is 6.10. The summed E-state index contributed by atoms with van der Waals surface area (Å²) in [6.07, 6.45) is 4.85. The molecule has 2 fully saturated rings. The lowest BCUT2D eigenvalue weighted by atomic mass is 9.94. The third-order valence-corrected chi connectivity index (χ3v) is 5.71. The predicted molar refractivity (Wildman–Crippen MR) is 107 cm³/mol. The molecule has 1 N–H and O–H groups in total. The van der Waals surface area contributed by atoms with Crippen LogP contribution in [0, 0.1) is 19.8 Å². The molecule has 1 aromatic carbocycles. The van der Waals surface area contributed by atoms with Crippen molar-refractivity contribution in [1.29, 1.82) is 0 Å². The maximum atomic E-state index is 12.6. The number of hydrogen-bond acceptors (Lipinski definition) is 4. The second-order valence-corrected chi connectivity index (χ2v) is 8.25. The van der Waals surface area contributed by atoms with E-state index >= 15 is 0 Å². The zero-order chi connectivity index (χ0) is 19.2. The molecule has 2 saturated heterocycles. The molecule has 0 bridgehead atoms. The number of likely N-dealkylation sites (tertiary alicyclic amines) is 2. The number of rotatable bonds is 6. The van der Waals surface area contributed by atoms with Gasteiger partial charge in [0.2, 0.25) is 5.91 Å². The Labute approximate surface area is 163 Å². The van der Waals surface area contributed by atoms with Crippen LogP contribution in [0.5, 0.6) is 5.75 Å². The molecule has 27 heavy (non-hydrogen) atoms. The summed E-state index contributed by atoms with van der Waals surface area (Å²) >= 11 is 0.